The molecule has 180 valence electrons. The number of ether oxygens (including phenoxy) is 1. The SMILES string of the molecule is CC(C)(C)OC(=O)N1CCC(CCNC(=O)c2ccc3c(c2)NC(=O)c2ccccc2S3)CC1. The summed E-state index contributed by atoms with van der Waals surface area (Å²) in [6, 6.07) is 12.9. The van der Waals surface area contributed by atoms with Crippen LogP contribution in [0.5, 0.6) is 0 Å². The highest BCUT2D eigenvalue weighted by atomic mass is 32.2. The highest BCUT2D eigenvalue weighted by Crippen LogP contribution is 2.39. The molecule has 0 radical (unpaired) electrons. The molecule has 0 aromatic heterocycles. The third-order valence-corrected chi connectivity index (χ3v) is 7.10. The van der Waals surface area contributed by atoms with Gasteiger partial charge in [-0.3, -0.25) is 9.59 Å². The van der Waals surface area contributed by atoms with Crippen LogP contribution in [0.1, 0.15) is 60.7 Å². The van der Waals surface area contributed by atoms with Gasteiger partial charge in [0.25, 0.3) is 11.8 Å². The summed E-state index contributed by atoms with van der Waals surface area (Å²) in [5.74, 6) is 0.132. The van der Waals surface area contributed by atoms with E-state index in [-0.39, 0.29) is 17.9 Å². The van der Waals surface area contributed by atoms with Crippen molar-refractivity contribution in [2.75, 3.05) is 25.0 Å². The van der Waals surface area contributed by atoms with Gasteiger partial charge in [0, 0.05) is 35.0 Å². The number of nitrogens with zero attached hydrogens (tertiary/aromatic N) is 1. The number of fused-ring (bicyclic) bond motifs is 2. The smallest absolute Gasteiger partial charge is 0.410 e. The monoisotopic (exact) mass is 481 g/mol. The van der Waals surface area contributed by atoms with E-state index in [1.807, 2.05) is 45.0 Å². The summed E-state index contributed by atoms with van der Waals surface area (Å²) in [5, 5.41) is 5.93. The van der Waals surface area contributed by atoms with E-state index in [4.69, 9.17) is 4.74 Å². The van der Waals surface area contributed by atoms with Gasteiger partial charge in [-0.2, -0.15) is 0 Å². The third kappa shape index (κ3) is 5.91. The second-order valence-electron chi connectivity index (χ2n) is 9.72. The number of carbonyl (C=O) groups is 3. The molecule has 2 aliphatic rings. The molecule has 34 heavy (non-hydrogen) atoms. The van der Waals surface area contributed by atoms with Crippen LogP contribution in [0.25, 0.3) is 0 Å². The van der Waals surface area contributed by atoms with Crippen molar-refractivity contribution in [3.8, 4) is 0 Å². The summed E-state index contributed by atoms with van der Waals surface area (Å²) < 4.78 is 5.45. The van der Waals surface area contributed by atoms with Gasteiger partial charge < -0.3 is 20.3 Å². The molecule has 8 heteroatoms. The fourth-order valence-electron chi connectivity index (χ4n) is 4.13. The summed E-state index contributed by atoms with van der Waals surface area (Å²) in [4.78, 5) is 41.1. The van der Waals surface area contributed by atoms with Crippen molar-refractivity contribution < 1.29 is 19.1 Å². The minimum absolute atomic E-state index is 0.157. The zero-order valence-electron chi connectivity index (χ0n) is 19.8. The molecule has 2 aliphatic heterocycles. The molecule has 2 heterocycles. The number of hydrogen-bond acceptors (Lipinski definition) is 5. The number of likely N-dealkylation sites (tertiary alicyclic amines) is 1. The number of rotatable bonds is 4. The lowest BCUT2D eigenvalue weighted by atomic mass is 9.94. The second kappa shape index (κ2) is 10.1. The predicted molar refractivity (Wildman–Crippen MR) is 132 cm³/mol. The van der Waals surface area contributed by atoms with E-state index >= 15 is 0 Å². The fourth-order valence-corrected chi connectivity index (χ4v) is 5.14. The lowest BCUT2D eigenvalue weighted by Gasteiger charge is -2.33. The Labute approximate surface area is 204 Å². The summed E-state index contributed by atoms with van der Waals surface area (Å²) in [6.07, 6.45) is 2.41. The van der Waals surface area contributed by atoms with Crippen LogP contribution in [0.4, 0.5) is 10.5 Å². The van der Waals surface area contributed by atoms with Crippen molar-refractivity contribution in [3.63, 3.8) is 0 Å². The normalized spacial score (nSPS) is 16.1. The lowest BCUT2D eigenvalue weighted by Crippen LogP contribution is -2.42. The minimum Gasteiger partial charge on any atom is -0.444 e. The molecule has 2 N–H and O–H groups in total. The maximum absolute atomic E-state index is 12.7. The Hall–Kier alpha value is -3.00. The van der Waals surface area contributed by atoms with Crippen molar-refractivity contribution in [1.29, 1.82) is 0 Å². The molecular weight excluding hydrogens is 450 g/mol. The maximum atomic E-state index is 12.7. The first kappa shape index (κ1) is 24.1. The van der Waals surface area contributed by atoms with Crippen molar-refractivity contribution >= 4 is 35.4 Å². The molecule has 0 atom stereocenters. The molecule has 7 nitrogen and oxygen atoms in total. The molecular formula is C26H31N3O4S. The number of nitrogens with one attached hydrogen (secondary N) is 2. The van der Waals surface area contributed by atoms with Gasteiger partial charge in [0.2, 0.25) is 0 Å². The van der Waals surface area contributed by atoms with Crippen molar-refractivity contribution in [1.82, 2.24) is 10.2 Å². The molecule has 2 aromatic rings. The first-order valence-electron chi connectivity index (χ1n) is 11.7. The standard InChI is InChI=1S/C26H31N3O4S/c1-26(2,3)33-25(32)29-14-11-17(12-15-29)10-13-27-23(30)18-8-9-22-20(16-18)28-24(31)19-6-4-5-7-21(19)34-22/h4-9,16-17H,10-15H2,1-3H3,(H,27,30)(H,28,31). The van der Waals surface area contributed by atoms with Gasteiger partial charge in [-0.25, -0.2) is 4.79 Å². The molecule has 0 saturated carbocycles. The summed E-state index contributed by atoms with van der Waals surface area (Å²) >= 11 is 1.52. The average Bonchev–Trinajstić information content (AvgIpc) is 2.93. The van der Waals surface area contributed by atoms with Crippen LogP contribution in [-0.2, 0) is 4.74 Å². The van der Waals surface area contributed by atoms with E-state index in [2.05, 4.69) is 10.6 Å². The Bertz CT molecular complexity index is 1090. The predicted octanol–water partition coefficient (Wildman–Crippen LogP) is 5.17. The van der Waals surface area contributed by atoms with Crippen LogP contribution in [0.2, 0.25) is 0 Å². The van der Waals surface area contributed by atoms with E-state index in [0.717, 1.165) is 29.1 Å². The van der Waals surface area contributed by atoms with E-state index in [1.165, 1.54) is 11.8 Å². The number of piperidine rings is 1. The van der Waals surface area contributed by atoms with E-state index < -0.39 is 5.60 Å². The molecule has 0 spiro atoms. The Morgan fingerprint density at radius 1 is 1.12 bits per heavy atom. The van der Waals surface area contributed by atoms with Crippen LogP contribution in [0, 0.1) is 5.92 Å². The Morgan fingerprint density at radius 3 is 2.59 bits per heavy atom. The molecule has 0 unspecified atom stereocenters. The average molecular weight is 482 g/mol. The number of anilines is 1. The van der Waals surface area contributed by atoms with Gasteiger partial charge in [-0.05, 0) is 76.3 Å². The zero-order chi connectivity index (χ0) is 24.3. The van der Waals surface area contributed by atoms with Gasteiger partial charge in [0.1, 0.15) is 5.60 Å². The Morgan fingerprint density at radius 2 is 1.85 bits per heavy atom. The summed E-state index contributed by atoms with van der Waals surface area (Å²) in [7, 11) is 0. The Balaban J connectivity index is 1.27. The van der Waals surface area contributed by atoms with Crippen LogP contribution >= 0.6 is 11.8 Å². The van der Waals surface area contributed by atoms with Gasteiger partial charge >= 0.3 is 6.09 Å². The number of benzene rings is 2. The first-order chi connectivity index (χ1) is 16.2. The fraction of sp³-hybridized carbons (Fsp3) is 0.423. The largest absolute Gasteiger partial charge is 0.444 e. The van der Waals surface area contributed by atoms with E-state index in [1.54, 1.807) is 23.1 Å². The lowest BCUT2D eigenvalue weighted by molar-refractivity contribution is 0.0181. The van der Waals surface area contributed by atoms with Crippen LogP contribution < -0.4 is 10.6 Å². The van der Waals surface area contributed by atoms with Gasteiger partial charge in [-0.1, -0.05) is 23.9 Å². The minimum atomic E-state index is -0.487. The maximum Gasteiger partial charge on any atom is 0.410 e. The van der Waals surface area contributed by atoms with E-state index in [0.29, 0.717) is 42.4 Å². The molecule has 0 aliphatic carbocycles. The second-order valence-corrected chi connectivity index (χ2v) is 10.8. The van der Waals surface area contributed by atoms with Gasteiger partial charge in [-0.15, -0.1) is 0 Å². The number of amides is 3. The first-order valence-corrected chi connectivity index (χ1v) is 12.5. The molecule has 3 amide bonds. The Kier molecular flexibility index (Phi) is 7.16. The van der Waals surface area contributed by atoms with Crippen LogP contribution in [0.15, 0.2) is 52.3 Å². The topological polar surface area (TPSA) is 87.7 Å². The number of hydrogen-bond donors (Lipinski definition) is 2. The van der Waals surface area contributed by atoms with Gasteiger partial charge in [0.05, 0.1) is 11.3 Å². The molecule has 1 fully saturated rings. The molecule has 2 aromatic carbocycles. The summed E-state index contributed by atoms with van der Waals surface area (Å²) in [5.41, 5.74) is 1.31. The third-order valence-electron chi connectivity index (χ3n) is 5.95. The highest BCUT2D eigenvalue weighted by Gasteiger charge is 2.27. The van der Waals surface area contributed by atoms with E-state index in [9.17, 15) is 14.4 Å². The van der Waals surface area contributed by atoms with Crippen LogP contribution in [0.3, 0.4) is 0 Å². The van der Waals surface area contributed by atoms with Crippen LogP contribution in [-0.4, -0.2) is 48.0 Å². The van der Waals surface area contributed by atoms with Crippen molar-refractivity contribution in [2.24, 2.45) is 5.92 Å². The molecule has 1 saturated heterocycles. The zero-order valence-corrected chi connectivity index (χ0v) is 20.7. The summed E-state index contributed by atoms with van der Waals surface area (Å²) in [6.45, 7) is 7.54. The highest BCUT2D eigenvalue weighted by molar-refractivity contribution is 7.99. The number of carbonyl (C=O) groups excluding carboxylic acids is 3. The quantitative estimate of drug-likeness (QED) is 0.629. The van der Waals surface area contributed by atoms with Crippen molar-refractivity contribution in [2.45, 2.75) is 55.4 Å². The molecule has 0 bridgehead atoms. The molecule has 4 rings (SSSR count). The van der Waals surface area contributed by atoms with Gasteiger partial charge in [0.15, 0.2) is 0 Å². The van der Waals surface area contributed by atoms with Crippen molar-refractivity contribution in [3.05, 3.63) is 53.6 Å².